The van der Waals surface area contributed by atoms with Gasteiger partial charge in [-0.2, -0.15) is 0 Å². The summed E-state index contributed by atoms with van der Waals surface area (Å²) >= 11 is 1.32. The van der Waals surface area contributed by atoms with Crippen molar-refractivity contribution < 1.29 is 4.79 Å². The van der Waals surface area contributed by atoms with E-state index in [4.69, 9.17) is 5.73 Å². The maximum atomic E-state index is 11.1. The highest BCUT2D eigenvalue weighted by Crippen LogP contribution is 2.21. The van der Waals surface area contributed by atoms with Crippen molar-refractivity contribution in [3.8, 4) is 10.7 Å². The predicted molar refractivity (Wildman–Crippen MR) is 51.7 cm³/mol. The van der Waals surface area contributed by atoms with E-state index < -0.39 is 5.91 Å². The van der Waals surface area contributed by atoms with Gasteiger partial charge in [-0.3, -0.25) is 9.78 Å². The van der Waals surface area contributed by atoms with Crippen LogP contribution < -0.4 is 5.73 Å². The Bertz CT molecular complexity index is 454. The van der Waals surface area contributed by atoms with Crippen molar-refractivity contribution in [2.45, 2.75) is 0 Å². The number of aromatic nitrogens is 3. The van der Waals surface area contributed by atoms with Crippen LogP contribution in [0.5, 0.6) is 0 Å². The molecular weight excluding hydrogens is 200 g/mol. The van der Waals surface area contributed by atoms with Gasteiger partial charge in [0.2, 0.25) is 0 Å². The van der Waals surface area contributed by atoms with E-state index in [1.165, 1.54) is 11.3 Å². The second-order valence-corrected chi connectivity index (χ2v) is 3.34. The van der Waals surface area contributed by atoms with E-state index in [2.05, 4.69) is 15.2 Å². The van der Waals surface area contributed by atoms with Crippen LogP contribution in [0.1, 0.15) is 10.4 Å². The normalized spacial score (nSPS) is 10.0. The van der Waals surface area contributed by atoms with Gasteiger partial charge in [0.15, 0.2) is 5.01 Å². The van der Waals surface area contributed by atoms with Gasteiger partial charge in [0.25, 0.3) is 5.91 Å². The smallest absolute Gasteiger partial charge is 0.251 e. The molecule has 2 N–H and O–H groups in total. The van der Waals surface area contributed by atoms with Crippen LogP contribution in [0.2, 0.25) is 0 Å². The van der Waals surface area contributed by atoms with Crippen LogP contribution in [0.25, 0.3) is 10.7 Å². The van der Waals surface area contributed by atoms with Crippen LogP contribution in [-0.2, 0) is 0 Å². The topological polar surface area (TPSA) is 81.8 Å². The molecule has 0 aliphatic heterocycles. The number of carbonyl (C=O) groups excluding carboxylic acids is 1. The summed E-state index contributed by atoms with van der Waals surface area (Å²) in [5.74, 6) is -0.511. The average molecular weight is 206 g/mol. The number of pyridine rings is 1. The molecule has 5 nitrogen and oxygen atoms in total. The van der Waals surface area contributed by atoms with Gasteiger partial charge in [-0.05, 0) is 12.1 Å². The molecule has 0 radical (unpaired) electrons. The summed E-state index contributed by atoms with van der Waals surface area (Å²) < 4.78 is 0. The number of amides is 1. The Labute approximate surface area is 83.6 Å². The van der Waals surface area contributed by atoms with Gasteiger partial charge in [-0.1, -0.05) is 11.3 Å². The third-order valence-corrected chi connectivity index (χ3v) is 2.33. The highest BCUT2D eigenvalue weighted by atomic mass is 32.1. The van der Waals surface area contributed by atoms with Crippen molar-refractivity contribution in [1.82, 2.24) is 15.2 Å². The fourth-order valence-electron chi connectivity index (χ4n) is 1.05. The predicted octanol–water partition coefficient (Wildman–Crippen LogP) is 0.699. The third-order valence-electron chi connectivity index (χ3n) is 1.64. The molecule has 2 heterocycles. The van der Waals surface area contributed by atoms with Gasteiger partial charge in [0.05, 0.1) is 5.56 Å². The first-order valence-electron chi connectivity index (χ1n) is 3.80. The van der Waals surface area contributed by atoms with Gasteiger partial charge in [0, 0.05) is 6.20 Å². The molecule has 0 saturated carbocycles. The molecule has 2 aromatic heterocycles. The minimum atomic E-state index is -0.511. The SMILES string of the molecule is NC(=O)c1cccnc1-c1nncs1. The fraction of sp³-hybridized carbons (Fsp3) is 0. The van der Waals surface area contributed by atoms with E-state index in [9.17, 15) is 4.79 Å². The van der Waals surface area contributed by atoms with Crippen LogP contribution >= 0.6 is 11.3 Å². The lowest BCUT2D eigenvalue weighted by atomic mass is 10.2. The molecule has 2 rings (SSSR count). The van der Waals surface area contributed by atoms with Crippen LogP contribution in [0.15, 0.2) is 23.8 Å². The number of hydrogen-bond acceptors (Lipinski definition) is 5. The number of rotatable bonds is 2. The van der Waals surface area contributed by atoms with Crippen molar-refractivity contribution in [3.63, 3.8) is 0 Å². The summed E-state index contributed by atoms with van der Waals surface area (Å²) in [4.78, 5) is 15.1. The molecule has 6 heteroatoms. The number of nitrogens with two attached hydrogens (primary N) is 1. The van der Waals surface area contributed by atoms with E-state index in [0.717, 1.165) is 0 Å². The molecule has 14 heavy (non-hydrogen) atoms. The van der Waals surface area contributed by atoms with Crippen molar-refractivity contribution in [1.29, 1.82) is 0 Å². The Balaban J connectivity index is 2.58. The summed E-state index contributed by atoms with van der Waals surface area (Å²) in [6.45, 7) is 0. The minimum absolute atomic E-state index is 0.365. The molecule has 2 aromatic rings. The Morgan fingerprint density at radius 3 is 3.00 bits per heavy atom. The van der Waals surface area contributed by atoms with Crippen LogP contribution in [-0.4, -0.2) is 21.1 Å². The Morgan fingerprint density at radius 1 is 1.50 bits per heavy atom. The number of carbonyl (C=O) groups is 1. The molecule has 0 atom stereocenters. The van der Waals surface area contributed by atoms with Crippen molar-refractivity contribution in [3.05, 3.63) is 29.4 Å². The summed E-state index contributed by atoms with van der Waals surface area (Å²) in [7, 11) is 0. The molecule has 0 aliphatic carbocycles. The molecule has 0 saturated heterocycles. The lowest BCUT2D eigenvalue weighted by Gasteiger charge is -1.99. The lowest BCUT2D eigenvalue weighted by molar-refractivity contribution is 0.100. The average Bonchev–Trinajstić information content (AvgIpc) is 2.70. The van der Waals surface area contributed by atoms with Gasteiger partial charge in [-0.25, -0.2) is 0 Å². The first-order valence-corrected chi connectivity index (χ1v) is 4.68. The van der Waals surface area contributed by atoms with Crippen molar-refractivity contribution >= 4 is 17.2 Å². The molecule has 0 unspecified atom stereocenters. The fourth-order valence-corrected chi connectivity index (χ4v) is 1.61. The van der Waals surface area contributed by atoms with Crippen LogP contribution in [0.4, 0.5) is 0 Å². The van der Waals surface area contributed by atoms with Gasteiger partial charge in [-0.15, -0.1) is 10.2 Å². The summed E-state index contributed by atoms with van der Waals surface area (Å²) in [5, 5.41) is 8.10. The first kappa shape index (κ1) is 8.76. The minimum Gasteiger partial charge on any atom is -0.366 e. The third kappa shape index (κ3) is 1.47. The maximum Gasteiger partial charge on any atom is 0.251 e. The number of nitrogens with zero attached hydrogens (tertiary/aromatic N) is 3. The van der Waals surface area contributed by atoms with Gasteiger partial charge < -0.3 is 5.73 Å². The van der Waals surface area contributed by atoms with E-state index in [-0.39, 0.29) is 0 Å². The number of hydrogen-bond donors (Lipinski definition) is 1. The van der Waals surface area contributed by atoms with Gasteiger partial charge in [0.1, 0.15) is 11.2 Å². The zero-order chi connectivity index (χ0) is 9.97. The Morgan fingerprint density at radius 2 is 2.36 bits per heavy atom. The second kappa shape index (κ2) is 3.51. The first-order chi connectivity index (χ1) is 6.79. The molecule has 0 bridgehead atoms. The quantitative estimate of drug-likeness (QED) is 0.784. The molecule has 1 amide bonds. The lowest BCUT2D eigenvalue weighted by Crippen LogP contribution is -2.12. The van der Waals surface area contributed by atoms with Crippen molar-refractivity contribution in [2.24, 2.45) is 5.73 Å². The Hall–Kier alpha value is -1.82. The highest BCUT2D eigenvalue weighted by molar-refractivity contribution is 7.12. The molecule has 0 fully saturated rings. The molecule has 0 aromatic carbocycles. The monoisotopic (exact) mass is 206 g/mol. The van der Waals surface area contributed by atoms with E-state index in [1.807, 2.05) is 0 Å². The summed E-state index contributed by atoms with van der Waals surface area (Å²) in [6, 6.07) is 3.27. The standard InChI is InChI=1S/C8H6N4OS/c9-7(13)5-2-1-3-10-6(5)8-12-11-4-14-8/h1-4H,(H2,9,13). The van der Waals surface area contributed by atoms with E-state index in [1.54, 1.807) is 23.8 Å². The molecular formula is C8H6N4OS. The maximum absolute atomic E-state index is 11.1. The summed E-state index contributed by atoms with van der Waals surface area (Å²) in [5.41, 5.74) is 7.63. The second-order valence-electron chi connectivity index (χ2n) is 2.51. The van der Waals surface area contributed by atoms with Crippen molar-refractivity contribution in [2.75, 3.05) is 0 Å². The zero-order valence-corrected chi connectivity index (χ0v) is 7.86. The van der Waals surface area contributed by atoms with E-state index >= 15 is 0 Å². The summed E-state index contributed by atoms with van der Waals surface area (Å²) in [6.07, 6.45) is 1.59. The largest absolute Gasteiger partial charge is 0.366 e. The van der Waals surface area contributed by atoms with E-state index in [0.29, 0.717) is 16.3 Å². The van der Waals surface area contributed by atoms with Crippen LogP contribution in [0, 0.1) is 0 Å². The zero-order valence-electron chi connectivity index (χ0n) is 7.04. The molecule has 0 spiro atoms. The highest BCUT2D eigenvalue weighted by Gasteiger charge is 2.12. The molecule has 0 aliphatic rings. The van der Waals surface area contributed by atoms with Gasteiger partial charge >= 0.3 is 0 Å². The van der Waals surface area contributed by atoms with Crippen LogP contribution in [0.3, 0.4) is 0 Å². The Kier molecular flexibility index (Phi) is 2.19. The molecule has 70 valence electrons. The number of primary amides is 1.